The number of nitrogens with one attached hydrogen (secondary N) is 2. The molecule has 7 heteroatoms. The Morgan fingerprint density at radius 1 is 1.11 bits per heavy atom. The third kappa shape index (κ3) is 3.45. The number of aromatic nitrogens is 3. The normalized spacial score (nSPS) is 10.3. The molecule has 2 aromatic rings. The van der Waals surface area contributed by atoms with Crippen LogP contribution in [0.25, 0.3) is 0 Å². The third-order valence-corrected chi connectivity index (χ3v) is 2.89. The van der Waals surface area contributed by atoms with Gasteiger partial charge in [0, 0.05) is 6.54 Å². The van der Waals surface area contributed by atoms with Crippen molar-refractivity contribution >= 4 is 40.8 Å². The summed E-state index contributed by atoms with van der Waals surface area (Å²) in [5.74, 6) is 0.779. The van der Waals surface area contributed by atoms with E-state index in [1.165, 1.54) is 0 Å². The van der Waals surface area contributed by atoms with E-state index in [0.717, 1.165) is 11.3 Å². The van der Waals surface area contributed by atoms with E-state index in [4.69, 9.17) is 23.2 Å². The number of para-hydroxylation sites is 1. The van der Waals surface area contributed by atoms with Crippen LogP contribution in [0.2, 0.25) is 10.3 Å². The van der Waals surface area contributed by atoms with Crippen molar-refractivity contribution in [2.45, 2.75) is 13.8 Å². The van der Waals surface area contributed by atoms with E-state index in [-0.39, 0.29) is 5.28 Å². The lowest BCUT2D eigenvalue weighted by Gasteiger charge is -2.11. The van der Waals surface area contributed by atoms with Crippen molar-refractivity contribution in [2.75, 3.05) is 17.2 Å². The highest BCUT2D eigenvalue weighted by atomic mass is 35.5. The summed E-state index contributed by atoms with van der Waals surface area (Å²) in [6.07, 6.45) is 0. The zero-order chi connectivity index (χ0) is 13.8. The zero-order valence-corrected chi connectivity index (χ0v) is 12.0. The number of nitrogens with zero attached hydrogens (tertiary/aromatic N) is 3. The van der Waals surface area contributed by atoms with Gasteiger partial charge < -0.3 is 10.6 Å². The molecule has 5 nitrogen and oxygen atoms in total. The Balaban J connectivity index is 2.33. The van der Waals surface area contributed by atoms with Crippen molar-refractivity contribution in [1.29, 1.82) is 0 Å². The molecule has 0 aliphatic carbocycles. The second kappa shape index (κ2) is 6.04. The monoisotopic (exact) mass is 297 g/mol. The third-order valence-electron chi connectivity index (χ3n) is 2.40. The molecule has 0 spiro atoms. The van der Waals surface area contributed by atoms with Crippen molar-refractivity contribution in [3.63, 3.8) is 0 Å². The standard InChI is InChI=1S/C12H13Cl2N5/c1-3-15-11-17-10(14)18-12(19-11)16-9-7(2)5-4-6-8(9)13/h4-6H,3H2,1-2H3,(H2,15,16,17,18,19). The van der Waals surface area contributed by atoms with Crippen LogP contribution in [0, 0.1) is 6.92 Å². The fourth-order valence-corrected chi connectivity index (χ4v) is 1.97. The van der Waals surface area contributed by atoms with Crippen LogP contribution in [0.15, 0.2) is 18.2 Å². The van der Waals surface area contributed by atoms with Gasteiger partial charge in [0.1, 0.15) is 0 Å². The van der Waals surface area contributed by atoms with E-state index >= 15 is 0 Å². The highest BCUT2D eigenvalue weighted by Gasteiger charge is 2.08. The van der Waals surface area contributed by atoms with Crippen molar-refractivity contribution in [1.82, 2.24) is 15.0 Å². The minimum absolute atomic E-state index is 0.123. The maximum absolute atomic E-state index is 6.14. The van der Waals surface area contributed by atoms with Crippen LogP contribution < -0.4 is 10.6 Å². The van der Waals surface area contributed by atoms with Crippen LogP contribution in [0.3, 0.4) is 0 Å². The Morgan fingerprint density at radius 3 is 2.53 bits per heavy atom. The lowest BCUT2D eigenvalue weighted by Crippen LogP contribution is -2.07. The van der Waals surface area contributed by atoms with Gasteiger partial charge in [-0.05, 0) is 37.1 Å². The fourth-order valence-electron chi connectivity index (χ4n) is 1.55. The number of halogens is 2. The van der Waals surface area contributed by atoms with E-state index in [9.17, 15) is 0 Å². The Kier molecular flexibility index (Phi) is 4.39. The molecule has 19 heavy (non-hydrogen) atoms. The van der Waals surface area contributed by atoms with Gasteiger partial charge in [-0.2, -0.15) is 15.0 Å². The summed E-state index contributed by atoms with van der Waals surface area (Å²) in [6.45, 7) is 4.59. The number of rotatable bonds is 4. The first-order valence-corrected chi connectivity index (χ1v) is 6.53. The summed E-state index contributed by atoms with van der Waals surface area (Å²) in [7, 11) is 0. The highest BCUT2D eigenvalue weighted by molar-refractivity contribution is 6.33. The maximum atomic E-state index is 6.14. The summed E-state index contributed by atoms with van der Waals surface area (Å²) in [6, 6.07) is 5.63. The van der Waals surface area contributed by atoms with Crippen LogP contribution in [-0.2, 0) is 0 Å². The van der Waals surface area contributed by atoms with Crippen LogP contribution in [-0.4, -0.2) is 21.5 Å². The Bertz CT molecular complexity index is 568. The molecule has 0 aliphatic rings. The first-order chi connectivity index (χ1) is 9.10. The molecule has 1 heterocycles. The summed E-state index contributed by atoms with van der Waals surface area (Å²) in [4.78, 5) is 12.2. The molecule has 0 saturated carbocycles. The van der Waals surface area contributed by atoms with Crippen LogP contribution in [0.4, 0.5) is 17.6 Å². The minimum atomic E-state index is 0.123. The quantitative estimate of drug-likeness (QED) is 0.902. The summed E-state index contributed by atoms with van der Waals surface area (Å²) < 4.78 is 0. The van der Waals surface area contributed by atoms with Gasteiger partial charge in [-0.15, -0.1) is 0 Å². The van der Waals surface area contributed by atoms with Gasteiger partial charge in [0.05, 0.1) is 10.7 Å². The van der Waals surface area contributed by atoms with Crippen molar-refractivity contribution < 1.29 is 0 Å². The zero-order valence-electron chi connectivity index (χ0n) is 10.5. The average Bonchev–Trinajstić information content (AvgIpc) is 2.34. The van der Waals surface area contributed by atoms with Gasteiger partial charge in [-0.1, -0.05) is 23.7 Å². The number of anilines is 3. The predicted molar refractivity (Wildman–Crippen MR) is 78.5 cm³/mol. The smallest absolute Gasteiger partial charge is 0.233 e. The molecule has 0 amide bonds. The highest BCUT2D eigenvalue weighted by Crippen LogP contribution is 2.27. The molecule has 2 N–H and O–H groups in total. The lowest BCUT2D eigenvalue weighted by molar-refractivity contribution is 1.02. The predicted octanol–water partition coefficient (Wildman–Crippen LogP) is 3.66. The Morgan fingerprint density at radius 2 is 1.84 bits per heavy atom. The van der Waals surface area contributed by atoms with Crippen molar-refractivity contribution in [3.05, 3.63) is 34.1 Å². The molecule has 0 fully saturated rings. The molecule has 1 aromatic heterocycles. The molecule has 0 atom stereocenters. The summed E-state index contributed by atoms with van der Waals surface area (Å²) in [5, 5.41) is 6.77. The average molecular weight is 298 g/mol. The van der Waals surface area contributed by atoms with Gasteiger partial charge in [-0.3, -0.25) is 0 Å². The van der Waals surface area contributed by atoms with Crippen molar-refractivity contribution in [2.24, 2.45) is 0 Å². The molecule has 0 unspecified atom stereocenters. The Hall–Kier alpha value is -1.59. The fraction of sp³-hybridized carbons (Fsp3) is 0.250. The largest absolute Gasteiger partial charge is 0.354 e. The molecule has 100 valence electrons. The van der Waals surface area contributed by atoms with Crippen LogP contribution in [0.5, 0.6) is 0 Å². The first kappa shape index (κ1) is 13.8. The number of benzene rings is 1. The summed E-state index contributed by atoms with van der Waals surface area (Å²) >= 11 is 12.0. The molecule has 0 bridgehead atoms. The van der Waals surface area contributed by atoms with Gasteiger partial charge in [0.25, 0.3) is 0 Å². The molecular formula is C12H13Cl2N5. The first-order valence-electron chi connectivity index (χ1n) is 5.77. The van der Waals surface area contributed by atoms with Crippen LogP contribution >= 0.6 is 23.2 Å². The van der Waals surface area contributed by atoms with E-state index in [1.54, 1.807) is 6.07 Å². The maximum Gasteiger partial charge on any atom is 0.233 e. The Labute approximate surface area is 121 Å². The van der Waals surface area contributed by atoms with E-state index < -0.39 is 0 Å². The number of hydrogen-bond acceptors (Lipinski definition) is 5. The molecular weight excluding hydrogens is 285 g/mol. The molecule has 1 aromatic carbocycles. The molecule has 2 rings (SSSR count). The molecule has 0 saturated heterocycles. The topological polar surface area (TPSA) is 62.7 Å². The molecule has 0 radical (unpaired) electrons. The SMILES string of the molecule is CCNc1nc(Cl)nc(Nc2c(C)cccc2Cl)n1. The van der Waals surface area contributed by atoms with Crippen LogP contribution in [0.1, 0.15) is 12.5 Å². The van der Waals surface area contributed by atoms with Gasteiger partial charge in [0.15, 0.2) is 0 Å². The summed E-state index contributed by atoms with van der Waals surface area (Å²) in [5.41, 5.74) is 1.75. The van der Waals surface area contributed by atoms with Crippen molar-refractivity contribution in [3.8, 4) is 0 Å². The van der Waals surface area contributed by atoms with Gasteiger partial charge in [-0.25, -0.2) is 0 Å². The van der Waals surface area contributed by atoms with E-state index in [1.807, 2.05) is 26.0 Å². The number of hydrogen-bond donors (Lipinski definition) is 2. The van der Waals surface area contributed by atoms with E-state index in [0.29, 0.717) is 23.5 Å². The second-order valence-electron chi connectivity index (χ2n) is 3.84. The van der Waals surface area contributed by atoms with Gasteiger partial charge >= 0.3 is 0 Å². The lowest BCUT2D eigenvalue weighted by atomic mass is 10.2. The second-order valence-corrected chi connectivity index (χ2v) is 4.58. The number of aryl methyl sites for hydroxylation is 1. The molecule has 0 aliphatic heterocycles. The van der Waals surface area contributed by atoms with E-state index in [2.05, 4.69) is 25.6 Å². The minimum Gasteiger partial charge on any atom is -0.354 e. The van der Waals surface area contributed by atoms with Gasteiger partial charge in [0.2, 0.25) is 17.2 Å².